The molecule has 1 aromatic heterocycles. The van der Waals surface area contributed by atoms with E-state index < -0.39 is 0 Å². The molecule has 7 heteroatoms. The molecule has 0 atom stereocenters. The van der Waals surface area contributed by atoms with Crippen LogP contribution in [0.25, 0.3) is 11.4 Å². The first kappa shape index (κ1) is 20.4. The lowest BCUT2D eigenvalue weighted by molar-refractivity contribution is 0.126. The number of aromatic nitrogens is 2. The van der Waals surface area contributed by atoms with E-state index in [2.05, 4.69) is 17.4 Å². The molecular weight excluding hydrogens is 358 g/mol. The Morgan fingerprint density at radius 3 is 2.39 bits per heavy atom. The number of hydrogen-bond acceptors (Lipinski definition) is 6. The zero-order valence-electron chi connectivity index (χ0n) is 17.3. The number of nitrogens with zero attached hydrogens (tertiary/aromatic N) is 2. The van der Waals surface area contributed by atoms with Gasteiger partial charge in [0.15, 0.2) is 0 Å². The fourth-order valence-electron chi connectivity index (χ4n) is 3.80. The first-order valence-electron chi connectivity index (χ1n) is 9.52. The summed E-state index contributed by atoms with van der Waals surface area (Å²) < 4.78 is 17.6. The van der Waals surface area contributed by atoms with Crippen LogP contribution in [0.3, 0.4) is 0 Å². The van der Waals surface area contributed by atoms with Crippen molar-refractivity contribution in [2.45, 2.75) is 32.2 Å². The Morgan fingerprint density at radius 2 is 1.79 bits per heavy atom. The Balaban J connectivity index is 2.05. The van der Waals surface area contributed by atoms with E-state index in [0.717, 1.165) is 30.6 Å². The molecule has 0 aliphatic heterocycles. The van der Waals surface area contributed by atoms with Crippen molar-refractivity contribution in [2.24, 2.45) is 7.05 Å². The average molecular weight is 387 g/mol. The molecule has 0 spiro atoms. The van der Waals surface area contributed by atoms with Gasteiger partial charge in [-0.05, 0) is 49.4 Å². The Hall–Kier alpha value is -2.38. The first-order valence-corrected chi connectivity index (χ1v) is 9.52. The molecule has 1 aliphatic carbocycles. The highest BCUT2D eigenvalue weighted by molar-refractivity contribution is 5.68. The summed E-state index contributed by atoms with van der Waals surface area (Å²) in [6.07, 6.45) is 3.27. The van der Waals surface area contributed by atoms with Gasteiger partial charge in [-0.3, -0.25) is 9.36 Å². The smallest absolute Gasteiger partial charge is 0.277 e. The van der Waals surface area contributed by atoms with Gasteiger partial charge in [0.05, 0.1) is 37.6 Å². The number of rotatable bonds is 8. The predicted molar refractivity (Wildman–Crippen MR) is 109 cm³/mol. The highest BCUT2D eigenvalue weighted by Gasteiger charge is 2.21. The molecule has 0 fully saturated rings. The largest absolute Gasteiger partial charge is 0.496 e. The average Bonchev–Trinajstić information content (AvgIpc) is 3.14. The lowest BCUT2D eigenvalue weighted by atomic mass is 10.0. The van der Waals surface area contributed by atoms with Gasteiger partial charge in [-0.1, -0.05) is 0 Å². The molecule has 1 heterocycles. The number of aryl methyl sites for hydroxylation is 3. The van der Waals surface area contributed by atoms with Crippen LogP contribution in [-0.2, 0) is 29.4 Å². The van der Waals surface area contributed by atoms with E-state index in [1.807, 2.05) is 6.92 Å². The van der Waals surface area contributed by atoms with E-state index in [4.69, 9.17) is 19.2 Å². The minimum absolute atomic E-state index is 0.136. The van der Waals surface area contributed by atoms with E-state index in [0.29, 0.717) is 30.4 Å². The lowest BCUT2D eigenvalue weighted by Crippen LogP contribution is -2.35. The molecule has 7 nitrogen and oxygen atoms in total. The Bertz CT molecular complexity index is 901. The fourth-order valence-corrected chi connectivity index (χ4v) is 3.80. The van der Waals surface area contributed by atoms with Gasteiger partial charge < -0.3 is 19.5 Å². The molecule has 0 radical (unpaired) electrons. The van der Waals surface area contributed by atoms with Crippen molar-refractivity contribution in [3.8, 4) is 17.1 Å². The van der Waals surface area contributed by atoms with Crippen molar-refractivity contribution in [1.29, 1.82) is 0 Å². The van der Waals surface area contributed by atoms with Gasteiger partial charge in [-0.25, -0.2) is 4.98 Å². The number of hydrogen-bond donors (Lipinski definition) is 1. The van der Waals surface area contributed by atoms with Crippen LogP contribution >= 0.6 is 0 Å². The van der Waals surface area contributed by atoms with E-state index in [1.54, 1.807) is 32.9 Å². The van der Waals surface area contributed by atoms with Gasteiger partial charge in [0.2, 0.25) is 0 Å². The normalized spacial score (nSPS) is 13.1. The maximum atomic E-state index is 13.1. The topological polar surface area (TPSA) is 74.6 Å². The van der Waals surface area contributed by atoms with Crippen LogP contribution in [0.2, 0.25) is 0 Å². The fraction of sp³-hybridized carbons (Fsp3) is 0.524. The highest BCUT2D eigenvalue weighted by atomic mass is 16.5. The van der Waals surface area contributed by atoms with Crippen molar-refractivity contribution in [3.63, 3.8) is 0 Å². The molecule has 0 bridgehead atoms. The quantitative estimate of drug-likeness (QED) is 0.749. The number of anilines is 1. The van der Waals surface area contributed by atoms with Crippen molar-refractivity contribution in [3.05, 3.63) is 39.3 Å². The number of benzene rings is 1. The molecule has 1 aliphatic rings. The Kier molecular flexibility index (Phi) is 6.36. The van der Waals surface area contributed by atoms with Crippen molar-refractivity contribution >= 4 is 5.69 Å². The van der Waals surface area contributed by atoms with Crippen LogP contribution in [0.5, 0.6) is 5.75 Å². The predicted octanol–water partition coefficient (Wildman–Crippen LogP) is 2.33. The molecule has 1 N–H and O–H groups in total. The van der Waals surface area contributed by atoms with Crippen molar-refractivity contribution in [2.75, 3.05) is 39.9 Å². The summed E-state index contributed by atoms with van der Waals surface area (Å²) in [5.74, 6) is 1.36. The second-order valence-corrected chi connectivity index (χ2v) is 7.19. The zero-order valence-corrected chi connectivity index (χ0v) is 17.3. The second kappa shape index (κ2) is 8.75. The van der Waals surface area contributed by atoms with Gasteiger partial charge in [-0.15, -0.1) is 0 Å². The molecule has 0 unspecified atom stereocenters. The monoisotopic (exact) mass is 387 g/mol. The number of fused-ring (bicyclic) bond motifs is 1. The third-order valence-electron chi connectivity index (χ3n) is 5.21. The SMILES string of the molecule is COCC(COC)Nc1c(C)nc(-c2cc3c(cc2OC)CCC3)n(C)c1=O. The van der Waals surface area contributed by atoms with E-state index in [-0.39, 0.29) is 11.6 Å². The summed E-state index contributed by atoms with van der Waals surface area (Å²) in [5.41, 5.74) is 4.45. The maximum absolute atomic E-state index is 13.1. The molecule has 28 heavy (non-hydrogen) atoms. The minimum Gasteiger partial charge on any atom is -0.496 e. The molecule has 0 saturated heterocycles. The third kappa shape index (κ3) is 3.91. The molecule has 152 valence electrons. The van der Waals surface area contributed by atoms with Gasteiger partial charge in [0, 0.05) is 21.3 Å². The van der Waals surface area contributed by atoms with Crippen LogP contribution in [0.4, 0.5) is 5.69 Å². The van der Waals surface area contributed by atoms with Crippen LogP contribution < -0.4 is 15.6 Å². The Morgan fingerprint density at radius 1 is 1.14 bits per heavy atom. The number of ether oxygens (including phenoxy) is 3. The van der Waals surface area contributed by atoms with Crippen LogP contribution in [-0.4, -0.2) is 50.1 Å². The zero-order chi connectivity index (χ0) is 20.3. The summed E-state index contributed by atoms with van der Waals surface area (Å²) in [7, 11) is 6.64. The van der Waals surface area contributed by atoms with Crippen LogP contribution in [0.15, 0.2) is 16.9 Å². The van der Waals surface area contributed by atoms with Crippen LogP contribution in [0, 0.1) is 6.92 Å². The van der Waals surface area contributed by atoms with E-state index >= 15 is 0 Å². The van der Waals surface area contributed by atoms with Gasteiger partial charge in [-0.2, -0.15) is 0 Å². The number of nitrogens with one attached hydrogen (secondary N) is 1. The third-order valence-corrected chi connectivity index (χ3v) is 5.21. The molecule has 2 aromatic rings. The molecular formula is C21H29N3O4. The molecule has 3 rings (SSSR count). The summed E-state index contributed by atoms with van der Waals surface area (Å²) in [4.78, 5) is 17.8. The number of methoxy groups -OCH3 is 3. The molecule has 0 saturated carbocycles. The highest BCUT2D eigenvalue weighted by Crippen LogP contribution is 2.35. The van der Waals surface area contributed by atoms with E-state index in [9.17, 15) is 4.79 Å². The van der Waals surface area contributed by atoms with Gasteiger partial charge >= 0.3 is 0 Å². The van der Waals surface area contributed by atoms with Crippen molar-refractivity contribution < 1.29 is 14.2 Å². The van der Waals surface area contributed by atoms with Crippen LogP contribution in [0.1, 0.15) is 23.2 Å². The van der Waals surface area contributed by atoms with Gasteiger partial charge in [0.25, 0.3) is 5.56 Å². The Labute approximate surface area is 165 Å². The summed E-state index contributed by atoms with van der Waals surface area (Å²) >= 11 is 0. The molecule has 0 amide bonds. The lowest BCUT2D eigenvalue weighted by Gasteiger charge is -2.21. The first-order chi connectivity index (χ1) is 13.5. The standard InChI is InChI=1S/C21H29N3O4/c1-13-19(23-16(11-26-3)12-27-4)21(25)24(2)20(22-13)17-9-14-7-6-8-15(14)10-18(17)28-5/h9-10,16,23H,6-8,11-12H2,1-5H3. The van der Waals surface area contributed by atoms with E-state index in [1.165, 1.54) is 11.1 Å². The summed E-state index contributed by atoms with van der Waals surface area (Å²) in [6.45, 7) is 2.69. The summed E-state index contributed by atoms with van der Waals surface area (Å²) in [5, 5.41) is 3.23. The second-order valence-electron chi connectivity index (χ2n) is 7.19. The summed E-state index contributed by atoms with van der Waals surface area (Å²) in [6, 6.07) is 4.07. The maximum Gasteiger partial charge on any atom is 0.277 e. The minimum atomic E-state index is -0.137. The molecule has 1 aromatic carbocycles. The van der Waals surface area contributed by atoms with Gasteiger partial charge in [0.1, 0.15) is 17.3 Å². The van der Waals surface area contributed by atoms with Crippen molar-refractivity contribution in [1.82, 2.24) is 9.55 Å².